The molecule has 0 aliphatic carbocycles. The van der Waals surface area contributed by atoms with Gasteiger partial charge in [-0.05, 0) is 56.0 Å². The number of hydrogen-bond donors (Lipinski definition) is 0. The van der Waals surface area contributed by atoms with Crippen LogP contribution in [0.2, 0.25) is 5.02 Å². The maximum absolute atomic E-state index is 13.2. The molecule has 0 aliphatic rings. The minimum atomic E-state index is -0.0848. The van der Waals surface area contributed by atoms with Gasteiger partial charge in [-0.15, -0.1) is 5.10 Å². The van der Waals surface area contributed by atoms with Crippen LogP contribution >= 0.6 is 23.8 Å². The number of methoxy groups -OCH3 is 2. The molecule has 0 N–H and O–H groups in total. The molecule has 10 heteroatoms. The molecule has 2 aromatic carbocycles. The number of para-hydroxylation sites is 1. The van der Waals surface area contributed by atoms with Crippen molar-refractivity contribution >= 4 is 40.5 Å². The average molecular weight is 488 g/mol. The van der Waals surface area contributed by atoms with Crippen molar-refractivity contribution < 1.29 is 9.47 Å². The van der Waals surface area contributed by atoms with E-state index in [9.17, 15) is 4.79 Å². The number of halogens is 1. The van der Waals surface area contributed by atoms with Crippen LogP contribution in [0.25, 0.3) is 16.7 Å². The summed E-state index contributed by atoms with van der Waals surface area (Å²) in [4.78, 5) is 15.3. The average Bonchev–Trinajstić information content (AvgIpc) is 3.12. The van der Waals surface area contributed by atoms with Crippen molar-refractivity contribution in [1.82, 2.24) is 23.6 Å². The fraction of sp³-hybridized carbons (Fsp3) is 0.348. The number of aromatic nitrogens is 4. The molecule has 2 heterocycles. The van der Waals surface area contributed by atoms with Crippen molar-refractivity contribution in [3.05, 3.63) is 68.2 Å². The van der Waals surface area contributed by atoms with Gasteiger partial charge in [-0.1, -0.05) is 23.7 Å². The summed E-state index contributed by atoms with van der Waals surface area (Å²) >= 11 is 12.0. The maximum atomic E-state index is 13.2. The van der Waals surface area contributed by atoms with Crippen LogP contribution in [0, 0.1) is 4.77 Å². The van der Waals surface area contributed by atoms with Gasteiger partial charge in [-0.2, -0.15) is 0 Å². The van der Waals surface area contributed by atoms with E-state index in [-0.39, 0.29) is 5.56 Å². The van der Waals surface area contributed by atoms with E-state index in [0.717, 1.165) is 16.8 Å². The molecular weight excluding hydrogens is 462 g/mol. The molecule has 0 saturated carbocycles. The number of benzene rings is 2. The summed E-state index contributed by atoms with van der Waals surface area (Å²) in [6, 6.07) is 13.0. The molecule has 0 aliphatic heterocycles. The lowest BCUT2D eigenvalue weighted by Gasteiger charge is -2.18. The Morgan fingerprint density at radius 2 is 1.97 bits per heavy atom. The molecule has 8 nitrogen and oxygen atoms in total. The molecule has 0 saturated heterocycles. The normalized spacial score (nSPS) is 11.7. The van der Waals surface area contributed by atoms with Crippen LogP contribution in [0.4, 0.5) is 0 Å². The summed E-state index contributed by atoms with van der Waals surface area (Å²) in [5, 5.41) is 6.00. The Balaban J connectivity index is 1.75. The highest BCUT2D eigenvalue weighted by Crippen LogP contribution is 2.24. The first-order valence-electron chi connectivity index (χ1n) is 10.6. The first-order chi connectivity index (χ1) is 15.9. The number of rotatable bonds is 9. The molecule has 174 valence electrons. The fourth-order valence-corrected chi connectivity index (χ4v) is 4.44. The van der Waals surface area contributed by atoms with E-state index in [1.54, 1.807) is 29.5 Å². The SMILES string of the molecule is COCCCn1c(=O)c2ccccc2n2c(=S)n(CN(C)Cc3cc(Cl)ccc3OC)nc12. The number of hydrogen-bond acceptors (Lipinski definition) is 6. The lowest BCUT2D eigenvalue weighted by molar-refractivity contribution is 0.190. The zero-order chi connectivity index (χ0) is 23.5. The van der Waals surface area contributed by atoms with Gasteiger partial charge < -0.3 is 9.47 Å². The van der Waals surface area contributed by atoms with Crippen LogP contribution in [-0.2, 0) is 24.5 Å². The van der Waals surface area contributed by atoms with Crippen LogP contribution < -0.4 is 10.3 Å². The molecule has 0 unspecified atom stereocenters. The van der Waals surface area contributed by atoms with Gasteiger partial charge in [0.25, 0.3) is 5.56 Å². The van der Waals surface area contributed by atoms with Crippen molar-refractivity contribution in [3.63, 3.8) is 0 Å². The Hall–Kier alpha value is -2.72. The summed E-state index contributed by atoms with van der Waals surface area (Å²) in [5.41, 5.74) is 1.62. The molecule has 0 amide bonds. The van der Waals surface area contributed by atoms with Gasteiger partial charge in [0.2, 0.25) is 10.5 Å². The fourth-order valence-electron chi connectivity index (χ4n) is 3.97. The number of aryl methyl sites for hydroxylation is 1. The van der Waals surface area contributed by atoms with E-state index in [2.05, 4.69) is 4.90 Å². The second-order valence-electron chi connectivity index (χ2n) is 7.85. The first-order valence-corrected chi connectivity index (χ1v) is 11.3. The van der Waals surface area contributed by atoms with Crippen LogP contribution in [0.15, 0.2) is 47.3 Å². The van der Waals surface area contributed by atoms with Gasteiger partial charge in [0.05, 0.1) is 24.7 Å². The van der Waals surface area contributed by atoms with Crippen LogP contribution in [-0.4, -0.2) is 51.5 Å². The Morgan fingerprint density at radius 3 is 2.73 bits per heavy atom. The molecule has 0 fully saturated rings. The lowest BCUT2D eigenvalue weighted by Crippen LogP contribution is -2.24. The van der Waals surface area contributed by atoms with E-state index in [1.807, 2.05) is 47.8 Å². The number of nitrogens with zero attached hydrogens (tertiary/aromatic N) is 5. The summed E-state index contributed by atoms with van der Waals surface area (Å²) < 4.78 is 16.4. The van der Waals surface area contributed by atoms with E-state index < -0.39 is 0 Å². The number of fused-ring (bicyclic) bond motifs is 3. The molecule has 0 atom stereocenters. The minimum absolute atomic E-state index is 0.0848. The first kappa shape index (κ1) is 23.4. The van der Waals surface area contributed by atoms with E-state index >= 15 is 0 Å². The van der Waals surface area contributed by atoms with Gasteiger partial charge in [0, 0.05) is 37.4 Å². The Labute approximate surface area is 201 Å². The molecular formula is C23H26ClN5O3S. The summed E-state index contributed by atoms with van der Waals surface area (Å²) in [5.74, 6) is 1.29. The van der Waals surface area contributed by atoms with Gasteiger partial charge in [-0.3, -0.25) is 18.7 Å². The van der Waals surface area contributed by atoms with Crippen molar-refractivity contribution in [2.75, 3.05) is 27.9 Å². The Bertz CT molecular complexity index is 1410. The standard InChI is InChI=1S/C23H26ClN5O3S/c1-26(14-16-13-17(24)9-10-20(16)32-3)15-28-23(33)29-19-8-5-4-7-18(19)21(30)27(22(29)25-28)11-6-12-31-2/h4-5,7-10,13H,6,11-12,14-15H2,1-3H3. The van der Waals surface area contributed by atoms with Crippen molar-refractivity contribution in [1.29, 1.82) is 0 Å². The van der Waals surface area contributed by atoms with Gasteiger partial charge in [0.15, 0.2) is 0 Å². The monoisotopic (exact) mass is 487 g/mol. The highest BCUT2D eigenvalue weighted by Gasteiger charge is 2.17. The molecule has 0 radical (unpaired) electrons. The lowest BCUT2D eigenvalue weighted by atomic mass is 10.2. The Kier molecular flexibility index (Phi) is 7.14. The summed E-state index contributed by atoms with van der Waals surface area (Å²) in [6.07, 6.45) is 0.693. The second kappa shape index (κ2) is 10.0. The highest BCUT2D eigenvalue weighted by molar-refractivity contribution is 7.71. The van der Waals surface area contributed by atoms with Crippen LogP contribution in [0.3, 0.4) is 0 Å². The molecule has 4 aromatic rings. The van der Waals surface area contributed by atoms with Crippen LogP contribution in [0.1, 0.15) is 12.0 Å². The summed E-state index contributed by atoms with van der Waals surface area (Å²) in [6.45, 7) is 2.05. The third-order valence-electron chi connectivity index (χ3n) is 5.47. The van der Waals surface area contributed by atoms with Crippen molar-refractivity contribution in [3.8, 4) is 5.75 Å². The second-order valence-corrected chi connectivity index (χ2v) is 8.65. The van der Waals surface area contributed by atoms with E-state index in [1.165, 1.54) is 0 Å². The Morgan fingerprint density at radius 1 is 1.18 bits per heavy atom. The van der Waals surface area contributed by atoms with Crippen molar-refractivity contribution in [2.24, 2.45) is 0 Å². The van der Waals surface area contributed by atoms with Crippen molar-refractivity contribution in [2.45, 2.75) is 26.2 Å². The largest absolute Gasteiger partial charge is 0.496 e. The third kappa shape index (κ3) is 4.67. The molecule has 0 bridgehead atoms. The zero-order valence-corrected chi connectivity index (χ0v) is 20.4. The van der Waals surface area contributed by atoms with Gasteiger partial charge in [-0.25, -0.2) is 4.68 Å². The molecule has 0 spiro atoms. The number of ether oxygens (including phenoxy) is 2. The van der Waals surface area contributed by atoms with Gasteiger partial charge >= 0.3 is 0 Å². The summed E-state index contributed by atoms with van der Waals surface area (Å²) in [7, 11) is 5.25. The van der Waals surface area contributed by atoms with Gasteiger partial charge in [0.1, 0.15) is 5.75 Å². The van der Waals surface area contributed by atoms with Crippen LogP contribution in [0.5, 0.6) is 5.75 Å². The molecule has 2 aromatic heterocycles. The quantitative estimate of drug-likeness (QED) is 0.263. The minimum Gasteiger partial charge on any atom is -0.496 e. The predicted octanol–water partition coefficient (Wildman–Crippen LogP) is 3.97. The maximum Gasteiger partial charge on any atom is 0.262 e. The zero-order valence-electron chi connectivity index (χ0n) is 18.8. The molecule has 33 heavy (non-hydrogen) atoms. The highest BCUT2D eigenvalue weighted by atomic mass is 35.5. The smallest absolute Gasteiger partial charge is 0.262 e. The predicted molar refractivity (Wildman–Crippen MR) is 132 cm³/mol. The van der Waals surface area contributed by atoms with E-state index in [4.69, 9.17) is 38.4 Å². The van der Waals surface area contributed by atoms with E-state index in [0.29, 0.717) is 53.7 Å². The molecule has 4 rings (SSSR count). The topological polar surface area (TPSA) is 65.9 Å². The third-order valence-corrected chi connectivity index (χ3v) is 6.10.